The molecule has 2 bridgehead atoms. The highest BCUT2D eigenvalue weighted by molar-refractivity contribution is 5.94. The maximum Gasteiger partial charge on any atom is 0.128 e. The largest absolute Gasteiger partial charge is 0.403 e. The zero-order chi connectivity index (χ0) is 24.8. The Labute approximate surface area is 208 Å². The highest BCUT2D eigenvalue weighted by Gasteiger charge is 2.44. The van der Waals surface area contributed by atoms with Gasteiger partial charge in [0.15, 0.2) is 0 Å². The highest BCUT2D eigenvalue weighted by Crippen LogP contribution is 2.35. The standard InChI is InChI=1S/C28H35N7/c1-4-7-9-23(6-3)33-35-24-13-25(35)19-34(18-24)27-11-10-21(17-31-27)26-12-20(8-5-2)16-32-28(26)22(14-29)15-30/h7,9-12,14,16-17,24-25H,4-6,8,13,18-19,29H2,1-3H3/b9-7-,22-14?,33-23-. The summed E-state index contributed by atoms with van der Waals surface area (Å²) in [5.74, 6) is 0.975. The van der Waals surface area contributed by atoms with Gasteiger partial charge in [-0.1, -0.05) is 33.3 Å². The van der Waals surface area contributed by atoms with Crippen LogP contribution in [0.5, 0.6) is 0 Å². The summed E-state index contributed by atoms with van der Waals surface area (Å²) in [5.41, 5.74) is 10.8. The molecule has 3 aliphatic rings. The SMILES string of the molecule is CC/C=C\C(CC)=N/N1C2CC1CN(c1ccc(-c3cc(CCC)cnc3C(C#N)=CN)cn1)C2. The average Bonchev–Trinajstić information content (AvgIpc) is 2.90. The van der Waals surface area contributed by atoms with E-state index in [-0.39, 0.29) is 0 Å². The number of nitrogens with two attached hydrogens (primary N) is 1. The lowest BCUT2D eigenvalue weighted by molar-refractivity contribution is 0.00154. The number of pyridine rings is 2. The van der Waals surface area contributed by atoms with Crippen LogP contribution in [0.25, 0.3) is 16.7 Å². The molecule has 2 aromatic rings. The van der Waals surface area contributed by atoms with E-state index in [1.165, 1.54) is 12.6 Å². The van der Waals surface area contributed by atoms with Gasteiger partial charge in [-0.15, -0.1) is 0 Å². The van der Waals surface area contributed by atoms with Gasteiger partial charge >= 0.3 is 0 Å². The Kier molecular flexibility index (Phi) is 7.81. The third-order valence-electron chi connectivity index (χ3n) is 6.71. The summed E-state index contributed by atoms with van der Waals surface area (Å²) in [6.45, 7) is 8.30. The van der Waals surface area contributed by atoms with E-state index in [1.807, 2.05) is 12.4 Å². The first kappa shape index (κ1) is 24.5. The molecule has 0 spiro atoms. The van der Waals surface area contributed by atoms with Crippen LogP contribution in [0.2, 0.25) is 0 Å². The van der Waals surface area contributed by atoms with Crippen molar-refractivity contribution in [3.63, 3.8) is 0 Å². The molecular formula is C28H35N7. The zero-order valence-electron chi connectivity index (χ0n) is 21.0. The number of hydrogen-bond donors (Lipinski definition) is 1. The van der Waals surface area contributed by atoms with Crippen LogP contribution in [0, 0.1) is 11.3 Å². The van der Waals surface area contributed by atoms with E-state index in [9.17, 15) is 5.26 Å². The van der Waals surface area contributed by atoms with Crippen molar-refractivity contribution in [3.05, 3.63) is 60.2 Å². The van der Waals surface area contributed by atoms with Crippen LogP contribution >= 0.6 is 0 Å². The topological polar surface area (TPSA) is 94.4 Å². The molecule has 0 radical (unpaired) electrons. The first-order chi connectivity index (χ1) is 17.1. The van der Waals surface area contributed by atoms with E-state index in [4.69, 9.17) is 15.8 Å². The second-order valence-corrected chi connectivity index (χ2v) is 9.17. The van der Waals surface area contributed by atoms with Gasteiger partial charge in [-0.05, 0) is 55.5 Å². The van der Waals surface area contributed by atoms with Gasteiger partial charge in [0.25, 0.3) is 0 Å². The predicted octanol–water partition coefficient (Wildman–Crippen LogP) is 4.91. The Morgan fingerprint density at radius 1 is 1.20 bits per heavy atom. The molecule has 5 rings (SSSR count). The summed E-state index contributed by atoms with van der Waals surface area (Å²) in [5, 5.41) is 16.8. The van der Waals surface area contributed by atoms with Crippen LogP contribution in [0.15, 0.2) is 54.0 Å². The molecule has 7 heteroatoms. The van der Waals surface area contributed by atoms with Crippen LogP contribution in [-0.4, -0.2) is 45.9 Å². The van der Waals surface area contributed by atoms with Crippen molar-refractivity contribution >= 4 is 17.1 Å². The summed E-state index contributed by atoms with van der Waals surface area (Å²) in [6, 6.07) is 9.28. The van der Waals surface area contributed by atoms with Gasteiger partial charge in [0.2, 0.25) is 0 Å². The lowest BCUT2D eigenvalue weighted by atomic mass is 9.90. The molecule has 5 heterocycles. The average molecular weight is 470 g/mol. The highest BCUT2D eigenvalue weighted by atomic mass is 15.6. The number of aryl methyl sites for hydroxylation is 1. The van der Waals surface area contributed by atoms with Crippen molar-refractivity contribution in [1.29, 1.82) is 5.26 Å². The Morgan fingerprint density at radius 3 is 2.60 bits per heavy atom. The minimum absolute atomic E-state index is 0.365. The molecule has 2 unspecified atom stereocenters. The third kappa shape index (κ3) is 5.22. The van der Waals surface area contributed by atoms with Gasteiger partial charge in [0.1, 0.15) is 11.9 Å². The van der Waals surface area contributed by atoms with Gasteiger partial charge in [-0.2, -0.15) is 10.4 Å². The molecule has 0 saturated carbocycles. The first-order valence-electron chi connectivity index (χ1n) is 12.7. The molecule has 182 valence electrons. The maximum absolute atomic E-state index is 9.52. The smallest absolute Gasteiger partial charge is 0.128 e. The number of piperidine rings is 1. The summed E-state index contributed by atoms with van der Waals surface area (Å²) in [6.07, 6.45) is 14.5. The number of rotatable bonds is 9. The third-order valence-corrected chi connectivity index (χ3v) is 6.71. The summed E-state index contributed by atoms with van der Waals surface area (Å²) < 4.78 is 0. The molecule has 3 saturated heterocycles. The zero-order valence-corrected chi connectivity index (χ0v) is 21.0. The minimum Gasteiger partial charge on any atom is -0.403 e. The molecule has 2 atom stereocenters. The molecule has 0 aliphatic carbocycles. The first-order valence-corrected chi connectivity index (χ1v) is 12.7. The number of nitrogens with zero attached hydrogens (tertiary/aromatic N) is 6. The van der Waals surface area contributed by atoms with E-state index in [1.54, 1.807) is 0 Å². The molecule has 35 heavy (non-hydrogen) atoms. The minimum atomic E-state index is 0.365. The van der Waals surface area contributed by atoms with Crippen LogP contribution in [0.3, 0.4) is 0 Å². The molecule has 3 aliphatic heterocycles. The Morgan fingerprint density at radius 2 is 2.00 bits per heavy atom. The number of anilines is 1. The van der Waals surface area contributed by atoms with Crippen LogP contribution < -0.4 is 10.6 Å². The Hall–Kier alpha value is -3.66. The van der Waals surface area contributed by atoms with Crippen molar-refractivity contribution < 1.29 is 0 Å². The number of hydrazone groups is 1. The second kappa shape index (κ2) is 11.2. The summed E-state index contributed by atoms with van der Waals surface area (Å²) in [7, 11) is 0. The molecule has 2 aromatic heterocycles. The van der Waals surface area contributed by atoms with Crippen LogP contribution in [0.4, 0.5) is 5.82 Å². The molecule has 0 amide bonds. The van der Waals surface area contributed by atoms with Crippen LogP contribution in [0.1, 0.15) is 57.7 Å². The van der Waals surface area contributed by atoms with Crippen molar-refractivity contribution in [3.8, 4) is 17.2 Å². The molecule has 0 aromatic carbocycles. The second-order valence-electron chi connectivity index (χ2n) is 9.17. The fourth-order valence-corrected chi connectivity index (χ4v) is 4.83. The fourth-order valence-electron chi connectivity index (χ4n) is 4.83. The van der Waals surface area contributed by atoms with Gasteiger partial charge in [-0.25, -0.2) is 4.98 Å². The normalized spacial score (nSPS) is 20.2. The van der Waals surface area contributed by atoms with E-state index in [2.05, 4.69) is 72.1 Å². The summed E-state index contributed by atoms with van der Waals surface area (Å²) in [4.78, 5) is 11.7. The fraction of sp³-hybridized carbons (Fsp3) is 0.429. The van der Waals surface area contributed by atoms with Crippen molar-refractivity contribution in [2.24, 2.45) is 10.8 Å². The van der Waals surface area contributed by atoms with Gasteiger partial charge in [-0.3, -0.25) is 9.99 Å². The number of fused-ring (bicyclic) bond motifs is 2. The maximum atomic E-state index is 9.52. The van der Waals surface area contributed by atoms with Gasteiger partial charge < -0.3 is 10.6 Å². The molecular weight excluding hydrogens is 434 g/mol. The van der Waals surface area contributed by atoms with Gasteiger partial charge in [0, 0.05) is 42.8 Å². The molecule has 7 nitrogen and oxygen atoms in total. The number of nitriles is 1. The van der Waals surface area contributed by atoms with Crippen molar-refractivity contribution in [2.75, 3.05) is 18.0 Å². The van der Waals surface area contributed by atoms with Crippen LogP contribution in [-0.2, 0) is 6.42 Å². The van der Waals surface area contributed by atoms with E-state index in [0.717, 1.165) is 67.0 Å². The summed E-state index contributed by atoms with van der Waals surface area (Å²) >= 11 is 0. The van der Waals surface area contributed by atoms with E-state index < -0.39 is 0 Å². The Bertz CT molecular complexity index is 1140. The Balaban J connectivity index is 1.52. The predicted molar refractivity (Wildman–Crippen MR) is 143 cm³/mol. The lowest BCUT2D eigenvalue weighted by Crippen LogP contribution is -2.67. The molecule has 3 fully saturated rings. The number of piperazine rings is 1. The van der Waals surface area contributed by atoms with Crippen molar-refractivity contribution in [1.82, 2.24) is 15.0 Å². The number of aromatic nitrogens is 2. The number of allylic oxidation sites excluding steroid dienone is 3. The number of hydrogen-bond acceptors (Lipinski definition) is 7. The van der Waals surface area contributed by atoms with Crippen molar-refractivity contribution in [2.45, 2.75) is 65.0 Å². The van der Waals surface area contributed by atoms with Gasteiger partial charge in [0.05, 0.1) is 29.1 Å². The molecule has 2 N–H and O–H groups in total. The quantitative estimate of drug-likeness (QED) is 0.414. The lowest BCUT2D eigenvalue weighted by Gasteiger charge is -2.55. The van der Waals surface area contributed by atoms with E-state index in [0.29, 0.717) is 23.4 Å². The monoisotopic (exact) mass is 469 g/mol. The van der Waals surface area contributed by atoms with E-state index >= 15 is 0 Å².